The fourth-order valence-electron chi connectivity index (χ4n) is 5.71. The molecule has 5 heteroatoms. The summed E-state index contributed by atoms with van der Waals surface area (Å²) in [4.78, 5) is 24.2. The highest BCUT2D eigenvalue weighted by molar-refractivity contribution is 5.96. The lowest BCUT2D eigenvalue weighted by Crippen LogP contribution is -2.51. The summed E-state index contributed by atoms with van der Waals surface area (Å²) in [5.74, 6) is 3.23. The van der Waals surface area contributed by atoms with Crippen molar-refractivity contribution in [3.8, 4) is 0 Å². The fraction of sp³-hybridized carbons (Fsp3) is 0.737. The maximum absolute atomic E-state index is 13.2. The molecule has 130 valence electrons. The molecule has 0 spiro atoms. The van der Waals surface area contributed by atoms with Crippen LogP contribution in [0.15, 0.2) is 0 Å². The van der Waals surface area contributed by atoms with Crippen LogP contribution >= 0.6 is 0 Å². The van der Waals surface area contributed by atoms with Crippen molar-refractivity contribution < 1.29 is 4.79 Å². The molecule has 1 aromatic rings. The van der Waals surface area contributed by atoms with E-state index >= 15 is 0 Å². The van der Waals surface area contributed by atoms with Crippen molar-refractivity contribution in [2.75, 3.05) is 24.3 Å². The molecule has 4 bridgehead atoms. The zero-order valence-electron chi connectivity index (χ0n) is 15.2. The van der Waals surface area contributed by atoms with E-state index in [0.717, 1.165) is 54.1 Å². The molecule has 0 unspecified atom stereocenters. The zero-order chi connectivity index (χ0) is 17.1. The summed E-state index contributed by atoms with van der Waals surface area (Å²) < 4.78 is 0. The van der Waals surface area contributed by atoms with E-state index in [2.05, 4.69) is 15.3 Å². The average Bonchev–Trinajstić information content (AvgIpc) is 2.49. The van der Waals surface area contributed by atoms with Gasteiger partial charge in [0.15, 0.2) is 0 Å². The van der Waals surface area contributed by atoms with Gasteiger partial charge in [0.25, 0.3) is 0 Å². The van der Waals surface area contributed by atoms with Crippen LogP contribution in [0.1, 0.15) is 49.9 Å². The highest BCUT2D eigenvalue weighted by Crippen LogP contribution is 2.60. The van der Waals surface area contributed by atoms with Gasteiger partial charge in [-0.3, -0.25) is 4.79 Å². The predicted molar refractivity (Wildman–Crippen MR) is 95.1 cm³/mol. The first-order valence-corrected chi connectivity index (χ1v) is 9.20. The van der Waals surface area contributed by atoms with Gasteiger partial charge in [-0.15, -0.1) is 0 Å². The first kappa shape index (κ1) is 15.9. The first-order chi connectivity index (χ1) is 11.4. The second-order valence-corrected chi connectivity index (χ2v) is 8.62. The molecule has 0 aromatic carbocycles. The predicted octanol–water partition coefficient (Wildman–Crippen LogP) is 3.31. The SMILES string of the molecule is Cc1nc(N(C)C)nc(C)c1NC(=O)C12CC3CC(CC(C3)C1)C2. The van der Waals surface area contributed by atoms with Crippen molar-refractivity contribution in [3.63, 3.8) is 0 Å². The van der Waals surface area contributed by atoms with Crippen LogP contribution in [-0.2, 0) is 4.79 Å². The van der Waals surface area contributed by atoms with Crippen LogP contribution in [0, 0.1) is 37.0 Å². The van der Waals surface area contributed by atoms with Gasteiger partial charge in [-0.25, -0.2) is 9.97 Å². The Morgan fingerprint density at radius 2 is 1.46 bits per heavy atom. The molecule has 5 rings (SSSR count). The van der Waals surface area contributed by atoms with E-state index in [1.54, 1.807) is 0 Å². The maximum atomic E-state index is 13.2. The lowest BCUT2D eigenvalue weighted by molar-refractivity contribution is -0.140. The number of carbonyl (C=O) groups is 1. The Bertz CT molecular complexity index is 624. The van der Waals surface area contributed by atoms with E-state index in [-0.39, 0.29) is 11.3 Å². The maximum Gasteiger partial charge on any atom is 0.230 e. The topological polar surface area (TPSA) is 58.1 Å². The van der Waals surface area contributed by atoms with Crippen LogP contribution in [0.5, 0.6) is 0 Å². The lowest BCUT2D eigenvalue weighted by Gasteiger charge is -2.55. The molecular formula is C19H28N4O. The molecule has 4 aliphatic carbocycles. The van der Waals surface area contributed by atoms with Gasteiger partial charge >= 0.3 is 0 Å². The number of aryl methyl sites for hydroxylation is 2. The molecule has 0 saturated heterocycles. The Kier molecular flexibility index (Phi) is 3.59. The normalized spacial score (nSPS) is 33.6. The van der Waals surface area contributed by atoms with Crippen LogP contribution in [-0.4, -0.2) is 30.0 Å². The molecule has 0 radical (unpaired) electrons. The van der Waals surface area contributed by atoms with Crippen molar-refractivity contribution in [1.29, 1.82) is 0 Å². The van der Waals surface area contributed by atoms with Gasteiger partial charge in [-0.1, -0.05) is 0 Å². The molecule has 4 fully saturated rings. The largest absolute Gasteiger partial charge is 0.347 e. The number of nitrogens with one attached hydrogen (secondary N) is 1. The summed E-state index contributed by atoms with van der Waals surface area (Å²) in [6, 6.07) is 0. The summed E-state index contributed by atoms with van der Waals surface area (Å²) in [7, 11) is 3.86. The first-order valence-electron chi connectivity index (χ1n) is 9.20. The molecule has 1 aromatic heterocycles. The summed E-state index contributed by atoms with van der Waals surface area (Å²) in [5.41, 5.74) is 2.38. The third kappa shape index (κ3) is 2.49. The van der Waals surface area contributed by atoms with Crippen LogP contribution in [0.25, 0.3) is 0 Å². The van der Waals surface area contributed by atoms with Gasteiger partial charge in [0.2, 0.25) is 11.9 Å². The minimum atomic E-state index is -0.131. The van der Waals surface area contributed by atoms with Gasteiger partial charge in [0, 0.05) is 14.1 Å². The smallest absolute Gasteiger partial charge is 0.230 e. The minimum Gasteiger partial charge on any atom is -0.347 e. The number of rotatable bonds is 3. The van der Waals surface area contributed by atoms with Gasteiger partial charge in [0.1, 0.15) is 0 Å². The van der Waals surface area contributed by atoms with Crippen molar-refractivity contribution in [2.45, 2.75) is 52.4 Å². The number of hydrogen-bond acceptors (Lipinski definition) is 4. The van der Waals surface area contributed by atoms with Crippen molar-refractivity contribution in [3.05, 3.63) is 11.4 Å². The van der Waals surface area contributed by atoms with Gasteiger partial charge in [0.05, 0.1) is 22.5 Å². The molecular weight excluding hydrogens is 300 g/mol. The Balaban J connectivity index is 1.59. The van der Waals surface area contributed by atoms with Crippen LogP contribution in [0.3, 0.4) is 0 Å². The molecule has 1 N–H and O–H groups in total. The van der Waals surface area contributed by atoms with Crippen LogP contribution in [0.4, 0.5) is 11.6 Å². The number of amides is 1. The number of nitrogens with zero attached hydrogens (tertiary/aromatic N) is 3. The van der Waals surface area contributed by atoms with Crippen molar-refractivity contribution in [2.24, 2.45) is 23.2 Å². The number of hydrogen-bond donors (Lipinski definition) is 1. The fourth-order valence-corrected chi connectivity index (χ4v) is 5.71. The molecule has 0 aliphatic heterocycles. The average molecular weight is 328 g/mol. The second kappa shape index (κ2) is 5.43. The van der Waals surface area contributed by atoms with E-state index in [1.807, 2.05) is 32.8 Å². The molecule has 0 atom stereocenters. The highest BCUT2D eigenvalue weighted by Gasteiger charge is 2.54. The van der Waals surface area contributed by atoms with Gasteiger partial charge in [-0.2, -0.15) is 0 Å². The highest BCUT2D eigenvalue weighted by atomic mass is 16.2. The summed E-state index contributed by atoms with van der Waals surface area (Å²) in [6.07, 6.45) is 7.31. The Hall–Kier alpha value is -1.65. The molecule has 4 saturated carbocycles. The molecule has 24 heavy (non-hydrogen) atoms. The van der Waals surface area contributed by atoms with Gasteiger partial charge in [-0.05, 0) is 70.1 Å². The van der Waals surface area contributed by atoms with Crippen LogP contribution < -0.4 is 10.2 Å². The van der Waals surface area contributed by atoms with E-state index < -0.39 is 0 Å². The van der Waals surface area contributed by atoms with E-state index in [0.29, 0.717) is 5.95 Å². The van der Waals surface area contributed by atoms with Crippen LogP contribution in [0.2, 0.25) is 0 Å². The Morgan fingerprint density at radius 3 is 1.88 bits per heavy atom. The Morgan fingerprint density at radius 1 is 1.00 bits per heavy atom. The molecule has 4 aliphatic rings. The monoisotopic (exact) mass is 328 g/mol. The van der Waals surface area contributed by atoms with E-state index in [1.165, 1.54) is 19.3 Å². The summed E-state index contributed by atoms with van der Waals surface area (Å²) in [5, 5.41) is 3.22. The van der Waals surface area contributed by atoms with Gasteiger partial charge < -0.3 is 10.2 Å². The lowest BCUT2D eigenvalue weighted by atomic mass is 9.49. The summed E-state index contributed by atoms with van der Waals surface area (Å²) >= 11 is 0. The van der Waals surface area contributed by atoms with E-state index in [4.69, 9.17) is 0 Å². The van der Waals surface area contributed by atoms with Crippen molar-refractivity contribution in [1.82, 2.24) is 9.97 Å². The molecule has 1 heterocycles. The minimum absolute atomic E-state index is 0.131. The Labute approximate surface area is 144 Å². The summed E-state index contributed by atoms with van der Waals surface area (Å²) in [6.45, 7) is 3.91. The number of aromatic nitrogens is 2. The standard InChI is InChI=1S/C19H28N4O/c1-11-16(12(2)21-18(20-11)23(3)4)22-17(24)19-8-13-5-14(9-19)7-15(6-13)10-19/h13-15H,5-10H2,1-4H3,(H,22,24). The van der Waals surface area contributed by atoms with Crippen molar-refractivity contribution >= 4 is 17.5 Å². The van der Waals surface area contributed by atoms with E-state index in [9.17, 15) is 4.79 Å². The molecule has 1 amide bonds. The number of carbonyl (C=O) groups excluding carboxylic acids is 1. The third-order valence-electron chi connectivity index (χ3n) is 6.42. The zero-order valence-corrected chi connectivity index (χ0v) is 15.2. The second-order valence-electron chi connectivity index (χ2n) is 8.62. The quantitative estimate of drug-likeness (QED) is 0.925. The third-order valence-corrected chi connectivity index (χ3v) is 6.42. The number of anilines is 2. The molecule has 5 nitrogen and oxygen atoms in total.